The fourth-order valence-electron chi connectivity index (χ4n) is 2.46. The molecular weight excluding hydrogens is 342 g/mol. The van der Waals surface area contributed by atoms with E-state index in [2.05, 4.69) is 0 Å². The fourth-order valence-corrected chi connectivity index (χ4v) is 3.28. The van der Waals surface area contributed by atoms with Crippen LogP contribution in [0.25, 0.3) is 0 Å². The minimum atomic E-state index is -1.41. The van der Waals surface area contributed by atoms with Crippen LogP contribution in [-0.4, -0.2) is 62.8 Å². The number of ketones is 2. The first-order chi connectivity index (χ1) is 11.6. The predicted molar refractivity (Wildman–Crippen MR) is 89.4 cm³/mol. The Bertz CT molecular complexity index is 464. The zero-order valence-corrected chi connectivity index (χ0v) is 15.0. The summed E-state index contributed by atoms with van der Waals surface area (Å²) in [6.07, 6.45) is -2.59. The molecule has 0 bridgehead atoms. The number of hydrogen-bond donors (Lipinski definition) is 2. The molecule has 0 amide bonds. The van der Waals surface area contributed by atoms with E-state index in [1.165, 1.54) is 13.8 Å². The van der Waals surface area contributed by atoms with E-state index in [1.54, 1.807) is 0 Å². The summed E-state index contributed by atoms with van der Waals surface area (Å²) in [7, 11) is -0.428. The fraction of sp³-hybridized carbons (Fsp3) is 0.846. The molecule has 2 N–H and O–H groups in total. The zero-order chi connectivity index (χ0) is 19.1. The lowest BCUT2D eigenvalue weighted by atomic mass is 10.0. The van der Waals surface area contributed by atoms with Gasteiger partial charge in [0.15, 0.2) is 24.1 Å². The summed E-state index contributed by atoms with van der Waals surface area (Å²) in [5, 5.41) is 18.1. The number of aliphatic hydroxyl groups is 2. The van der Waals surface area contributed by atoms with Crippen molar-refractivity contribution in [2.45, 2.75) is 64.5 Å². The van der Waals surface area contributed by atoms with Gasteiger partial charge in [-0.1, -0.05) is 14.5 Å². The topological polar surface area (TPSA) is 102 Å². The van der Waals surface area contributed by atoms with Gasteiger partial charge in [0.25, 0.3) is 0 Å². The highest BCUT2D eigenvalue weighted by Gasteiger charge is 2.38. The normalized spacial score (nSPS) is 38.8. The molecule has 0 aromatic carbocycles. The third kappa shape index (κ3) is 6.78. The second-order valence-corrected chi connectivity index (χ2v) is 7.14. The smallest absolute Gasteiger partial charge is 0.161 e. The molecule has 0 aromatic heterocycles. The maximum absolute atomic E-state index is 11.1. The summed E-state index contributed by atoms with van der Waals surface area (Å²) in [6, 6.07) is 0. The lowest BCUT2D eigenvalue weighted by Gasteiger charge is -2.13. The predicted octanol–water partition coefficient (Wildman–Crippen LogP) is 0.444. The molecule has 2 aliphatic heterocycles. The molecule has 131 valence electrons. The van der Waals surface area contributed by atoms with E-state index < -0.39 is 32.4 Å². The highest BCUT2D eigenvalue weighted by Crippen LogP contribution is 2.32. The van der Waals surface area contributed by atoms with Crippen molar-refractivity contribution < 1.29 is 33.5 Å². The summed E-state index contributed by atoms with van der Waals surface area (Å²) in [4.78, 5) is 21.9. The average Bonchev–Trinajstić information content (AvgIpc) is 3.07. The van der Waals surface area contributed by atoms with Gasteiger partial charge >= 0.3 is 0 Å². The minimum Gasteiger partial charge on any atom is -0.368 e. The van der Waals surface area contributed by atoms with Gasteiger partial charge in [0.2, 0.25) is 0 Å². The van der Waals surface area contributed by atoms with E-state index in [1.807, 2.05) is 6.92 Å². The monoisotopic (exact) mass is 368 g/mol. The summed E-state index contributed by atoms with van der Waals surface area (Å²) in [6.45, 7) is 4.76. The first-order valence-corrected chi connectivity index (χ1v) is 9.48. The van der Waals surface area contributed by atoms with Gasteiger partial charge in [0.05, 0.1) is 1.28 Å². The molecule has 1 radical (unpaired) electrons. The van der Waals surface area contributed by atoms with E-state index in [0.717, 1.165) is 19.2 Å². The van der Waals surface area contributed by atoms with Gasteiger partial charge in [0, 0.05) is 24.5 Å². The molecule has 7 nitrogen and oxygen atoms in total. The molecule has 10 heteroatoms. The number of ether oxygens (including phenoxy) is 2. The Hall–Kier alpha value is -0.0151. The Morgan fingerprint density at radius 2 is 1.87 bits per heavy atom. The molecular formula is C13H23BO7PS. The first kappa shape index (κ1) is 17.8. The van der Waals surface area contributed by atoms with Crippen LogP contribution in [0.1, 0.15) is 33.6 Å². The van der Waals surface area contributed by atoms with Crippen molar-refractivity contribution in [1.82, 2.24) is 0 Å². The number of carbonyl (C=O) groups is 2. The van der Waals surface area contributed by atoms with Crippen molar-refractivity contribution in [3.63, 3.8) is 0 Å². The Kier molecular flexibility index (Phi) is 7.80. The molecule has 0 spiro atoms. The lowest BCUT2D eigenvalue weighted by Crippen LogP contribution is -2.29. The van der Waals surface area contributed by atoms with Crippen LogP contribution >= 0.6 is 19.3 Å². The SMILES string of the molecule is CC(=O)[C@H]1OC(O)C[C@@H]1C.[2H]P([B][3H])SO[C@H]1CC(O)O[C@@H]1C(C)=O. The third-order valence-corrected chi connectivity index (χ3v) is 4.42. The average molecular weight is 368 g/mol. The molecule has 2 aliphatic rings. The molecule has 2 heterocycles. The molecule has 2 fully saturated rings. The highest BCUT2D eigenvalue weighted by atomic mass is 32.7. The number of Topliss-reactive ketones (excluding diaryl/α,β-unsaturated/α-hetero) is 2. The van der Waals surface area contributed by atoms with Gasteiger partial charge < -0.3 is 23.9 Å². The summed E-state index contributed by atoms with van der Waals surface area (Å²) < 4.78 is 29.2. The van der Waals surface area contributed by atoms with Crippen LogP contribution in [0.2, 0.25) is 0 Å². The Morgan fingerprint density at radius 3 is 2.30 bits per heavy atom. The molecule has 2 rings (SSSR count). The maximum Gasteiger partial charge on any atom is 0.161 e. The van der Waals surface area contributed by atoms with Gasteiger partial charge in [-0.05, 0) is 21.1 Å². The van der Waals surface area contributed by atoms with Crippen LogP contribution in [0, 0.1) is 5.92 Å². The van der Waals surface area contributed by atoms with Crippen LogP contribution in [0.4, 0.5) is 0 Å². The second kappa shape index (κ2) is 10.1. The number of hydrogen-bond acceptors (Lipinski definition) is 8. The van der Waals surface area contributed by atoms with E-state index >= 15 is 0 Å². The van der Waals surface area contributed by atoms with Crippen molar-refractivity contribution in [3.05, 3.63) is 0 Å². The Morgan fingerprint density at radius 1 is 1.30 bits per heavy atom. The summed E-state index contributed by atoms with van der Waals surface area (Å²) in [5.74, 6) is -0.0436. The Balaban J connectivity index is 0.000000271. The van der Waals surface area contributed by atoms with E-state index in [0.29, 0.717) is 6.42 Å². The van der Waals surface area contributed by atoms with Crippen molar-refractivity contribution >= 4 is 38.4 Å². The van der Waals surface area contributed by atoms with E-state index in [9.17, 15) is 14.7 Å². The van der Waals surface area contributed by atoms with Crippen LogP contribution in [-0.2, 0) is 23.2 Å². The first-order valence-electron chi connectivity index (χ1n) is 8.19. The van der Waals surface area contributed by atoms with Crippen LogP contribution < -0.4 is 0 Å². The van der Waals surface area contributed by atoms with Crippen molar-refractivity contribution in [2.24, 2.45) is 5.92 Å². The van der Waals surface area contributed by atoms with Crippen molar-refractivity contribution in [1.29, 1.82) is 2.61 Å². The van der Waals surface area contributed by atoms with Gasteiger partial charge in [-0.2, -0.15) is 0 Å². The number of carbonyl (C=O) groups excluding carboxylic acids is 2. The molecule has 0 saturated carbocycles. The molecule has 0 aromatic rings. The molecule has 23 heavy (non-hydrogen) atoms. The van der Waals surface area contributed by atoms with Gasteiger partial charge in [-0.3, -0.25) is 9.59 Å². The van der Waals surface area contributed by atoms with E-state index in [4.69, 9.17) is 21.4 Å². The van der Waals surface area contributed by atoms with Gasteiger partial charge in [-0.25, -0.2) is 0 Å². The van der Waals surface area contributed by atoms with Crippen molar-refractivity contribution in [2.75, 3.05) is 0 Å². The largest absolute Gasteiger partial charge is 0.368 e. The Labute approximate surface area is 145 Å². The standard InChI is InChI=1S/C7H12O3.C6H11BO4PS/c1-4-3-6(9)10-7(4)5(2)8;1-3(8)6-4(11-13-12-7)2-5(9)10-6/h4,6-7,9H,3H2,1-2H3;4-7,9,12H,2H2,1H3/t4-,6?,7-;4-,5?,6+,12?/m00/s1/i;7T,12D. The second-order valence-electron chi connectivity index (χ2n) is 5.51. The maximum atomic E-state index is 11.1. The number of aliphatic hydroxyl groups excluding tert-OH is 2. The number of rotatable bonds is 6. The molecule has 0 aliphatic carbocycles. The van der Waals surface area contributed by atoms with Gasteiger partial charge in [0.1, 0.15) is 25.8 Å². The highest BCUT2D eigenvalue weighted by molar-refractivity contribution is 8.53. The lowest BCUT2D eigenvalue weighted by molar-refractivity contribution is -0.141. The van der Waals surface area contributed by atoms with Crippen LogP contribution in [0.5, 0.6) is 0 Å². The molecule has 2 saturated heterocycles. The quantitative estimate of drug-likeness (QED) is 0.396. The molecule has 3 unspecified atom stereocenters. The van der Waals surface area contributed by atoms with Crippen LogP contribution in [0.3, 0.4) is 0 Å². The summed E-state index contributed by atoms with van der Waals surface area (Å²) in [5.41, 5.74) is 0. The van der Waals surface area contributed by atoms with E-state index in [-0.39, 0.29) is 30.0 Å². The third-order valence-electron chi connectivity index (χ3n) is 3.48. The summed E-state index contributed by atoms with van der Waals surface area (Å²) >= 11 is 0.842. The minimum absolute atomic E-state index is 0.00375. The van der Waals surface area contributed by atoms with Crippen LogP contribution in [0.15, 0.2) is 0 Å². The zero-order valence-electron chi connectivity index (χ0n) is 15.2. The van der Waals surface area contributed by atoms with Gasteiger partial charge in [-0.15, -0.1) is 0 Å². The van der Waals surface area contributed by atoms with Crippen molar-refractivity contribution in [3.8, 4) is 0 Å². The molecule has 7 atom stereocenters.